The third-order valence-corrected chi connectivity index (χ3v) is 7.81. The van der Waals surface area contributed by atoms with E-state index in [0.29, 0.717) is 0 Å². The molecule has 1 atom stereocenters. The molecule has 1 unspecified atom stereocenters. The van der Waals surface area contributed by atoms with E-state index in [9.17, 15) is 13.2 Å². The molecule has 0 amide bonds. The second kappa shape index (κ2) is 10.1. The van der Waals surface area contributed by atoms with Crippen molar-refractivity contribution < 1.29 is 30.3 Å². The summed E-state index contributed by atoms with van der Waals surface area (Å²) in [5, 5.41) is 0. The molecule has 10 heteroatoms. The van der Waals surface area contributed by atoms with Crippen molar-refractivity contribution in [1.82, 2.24) is 0 Å². The molecule has 2 rings (SSSR count). The highest BCUT2D eigenvalue weighted by Crippen LogP contribution is 2.32. The molecule has 0 N–H and O–H groups in total. The van der Waals surface area contributed by atoms with Gasteiger partial charge in [-0.2, -0.15) is 4.18 Å². The normalized spacial score (nSPS) is 12.9. The van der Waals surface area contributed by atoms with Crippen LogP contribution in [-0.2, 0) is 25.5 Å². The van der Waals surface area contributed by atoms with E-state index in [1.54, 1.807) is 0 Å². The molecule has 0 aromatic heterocycles. The molecule has 0 heterocycles. The highest BCUT2D eigenvalue weighted by Gasteiger charge is 2.32. The summed E-state index contributed by atoms with van der Waals surface area (Å²) >= 11 is 3.70. The van der Waals surface area contributed by atoms with Gasteiger partial charge in [-0.3, -0.25) is 0 Å². The van der Waals surface area contributed by atoms with Crippen LogP contribution in [0.1, 0.15) is 22.3 Å². The van der Waals surface area contributed by atoms with Crippen molar-refractivity contribution in [3.8, 4) is 0 Å². The van der Waals surface area contributed by atoms with Crippen LogP contribution in [0.2, 0.25) is 0 Å². The molecule has 4 nitrogen and oxygen atoms in total. The summed E-state index contributed by atoms with van der Waals surface area (Å²) in [4.78, 5) is 2.88. The number of rotatable bonds is 4. The Morgan fingerprint density at radius 2 is 1.57 bits per heavy atom. The van der Waals surface area contributed by atoms with E-state index in [1.807, 2.05) is 4.18 Å². The monoisotopic (exact) mass is 500 g/mol. The lowest BCUT2D eigenvalue weighted by Crippen LogP contribution is -2.18. The molecule has 0 fully saturated rings. The van der Waals surface area contributed by atoms with Crippen LogP contribution in [-0.4, -0.2) is 24.0 Å². The zero-order valence-corrected chi connectivity index (χ0v) is 18.9. The van der Waals surface area contributed by atoms with Gasteiger partial charge in [0, 0.05) is 5.56 Å². The fraction of sp³-hybridized carbons (Fsp3) is 0.333. The number of hydrogen-bond acceptors (Lipinski definition) is 4. The Hall–Kier alpha value is -1.07. The summed E-state index contributed by atoms with van der Waals surface area (Å²) in [5.74, 6) is 0. The minimum absolute atomic E-state index is 0.118. The first-order valence-electron chi connectivity index (χ1n) is 7.89. The van der Waals surface area contributed by atoms with Gasteiger partial charge in [0.1, 0.15) is 0 Å². The predicted octanol–water partition coefficient (Wildman–Crippen LogP) is 5.29. The lowest BCUT2D eigenvalue weighted by atomic mass is 10.00. The van der Waals surface area contributed by atoms with Gasteiger partial charge in [-0.1, -0.05) is 18.2 Å². The maximum atomic E-state index is 10.8. The third-order valence-electron chi connectivity index (χ3n) is 4.03. The smallest absolute Gasteiger partial charge is 0.536 e. The Balaban J connectivity index is 0.000000370. The summed E-state index contributed by atoms with van der Waals surface area (Å²) in [5.41, 5.74) is 5.69. The third kappa shape index (κ3) is 7.75. The Morgan fingerprint density at radius 3 is 1.96 bits per heavy atom. The zero-order valence-electron chi connectivity index (χ0n) is 15.6. The molecule has 0 aliphatic heterocycles. The quantitative estimate of drug-likeness (QED) is 0.247. The van der Waals surface area contributed by atoms with E-state index >= 15 is 0 Å². The van der Waals surface area contributed by atoms with Crippen molar-refractivity contribution in [3.63, 3.8) is 0 Å². The summed E-state index contributed by atoms with van der Waals surface area (Å²) in [6, 6.07) is 13.2. The Kier molecular flexibility index (Phi) is 9.01. The average Bonchev–Trinajstić information content (AvgIpc) is 2.56. The van der Waals surface area contributed by atoms with Gasteiger partial charge in [0.05, 0.1) is 10.9 Å². The van der Waals surface area contributed by atoms with Crippen LogP contribution in [0, 0.1) is 27.7 Å². The minimum atomic E-state index is -5.66. The standard InChI is InChI=1S/C17H20BrS.CHF3O4S/c1-12-10-17(15(4)14(3)13(12)2)19(11-18)16-8-6-5-7-9-16;2-1(3,4)8-9(5,6)7/h5-10H,11H2,1-4H3;(H,5,6,7)/q+1;/p-1. The SMILES string of the molecule is Cc1cc([S+](CBr)c2ccccc2)c(C)c(C)c1C.O=S(=O)([O-])OC(F)(F)F. The van der Waals surface area contributed by atoms with E-state index in [2.05, 4.69) is 80.0 Å². The fourth-order valence-corrected chi connectivity index (χ4v) is 5.97. The first-order valence-corrected chi connectivity index (χ1v) is 11.7. The van der Waals surface area contributed by atoms with Crippen LogP contribution in [0.25, 0.3) is 0 Å². The number of halogens is 4. The maximum Gasteiger partial charge on any atom is 0.536 e. The van der Waals surface area contributed by atoms with Gasteiger partial charge in [-0.05, 0) is 78.5 Å². The van der Waals surface area contributed by atoms with Crippen LogP contribution in [0.3, 0.4) is 0 Å². The summed E-state index contributed by atoms with van der Waals surface area (Å²) < 4.78 is 62.7. The van der Waals surface area contributed by atoms with Gasteiger partial charge >= 0.3 is 6.36 Å². The van der Waals surface area contributed by atoms with E-state index in [1.165, 1.54) is 32.0 Å². The van der Waals surface area contributed by atoms with Gasteiger partial charge < -0.3 is 4.55 Å². The van der Waals surface area contributed by atoms with Gasteiger partial charge in [0.2, 0.25) is 10.4 Å². The molecule has 0 radical (unpaired) electrons. The van der Waals surface area contributed by atoms with Crippen LogP contribution >= 0.6 is 15.9 Å². The molecule has 156 valence electrons. The first kappa shape index (κ1) is 25.0. The summed E-state index contributed by atoms with van der Waals surface area (Å²) in [7, 11) is -5.54. The second-order valence-electron chi connectivity index (χ2n) is 5.82. The van der Waals surface area contributed by atoms with Gasteiger partial charge in [-0.15, -0.1) is 13.2 Å². The predicted molar refractivity (Wildman–Crippen MR) is 106 cm³/mol. The molecule has 2 aromatic rings. The van der Waals surface area contributed by atoms with Crippen molar-refractivity contribution >= 4 is 37.2 Å². The molecule has 0 spiro atoms. The summed E-state index contributed by atoms with van der Waals surface area (Å²) in [6.45, 7) is 8.92. The van der Waals surface area contributed by atoms with E-state index in [-0.39, 0.29) is 10.9 Å². The van der Waals surface area contributed by atoms with Crippen molar-refractivity contribution in [2.45, 2.75) is 43.8 Å². The molecular formula is C18H20BrF3O4S2. The fourth-order valence-electron chi connectivity index (χ4n) is 2.38. The molecule has 2 aromatic carbocycles. The lowest BCUT2D eigenvalue weighted by Gasteiger charge is -2.14. The van der Waals surface area contributed by atoms with Crippen LogP contribution < -0.4 is 0 Å². The van der Waals surface area contributed by atoms with Crippen LogP contribution in [0.15, 0.2) is 46.2 Å². The Bertz CT molecular complexity index is 901. The summed E-state index contributed by atoms with van der Waals surface area (Å²) in [6.07, 6.45) is -5.42. The second-order valence-corrected chi connectivity index (χ2v) is 10.1. The van der Waals surface area contributed by atoms with Crippen molar-refractivity contribution in [1.29, 1.82) is 0 Å². The lowest BCUT2D eigenvalue weighted by molar-refractivity contribution is -0.275. The average molecular weight is 501 g/mol. The molecule has 0 saturated carbocycles. The van der Waals surface area contributed by atoms with Crippen LogP contribution in [0.5, 0.6) is 0 Å². The minimum Gasteiger partial charge on any atom is -0.725 e. The van der Waals surface area contributed by atoms with Gasteiger partial charge in [-0.25, -0.2) is 8.42 Å². The Labute approximate surface area is 174 Å². The van der Waals surface area contributed by atoms with Crippen molar-refractivity contribution in [3.05, 3.63) is 58.7 Å². The Morgan fingerprint density at radius 1 is 1.04 bits per heavy atom. The highest BCUT2D eigenvalue weighted by atomic mass is 79.9. The topological polar surface area (TPSA) is 66.4 Å². The zero-order chi connectivity index (χ0) is 21.7. The number of hydrogen-bond donors (Lipinski definition) is 0. The number of aryl methyl sites for hydroxylation is 1. The largest absolute Gasteiger partial charge is 0.725 e. The molecule has 28 heavy (non-hydrogen) atoms. The van der Waals surface area contributed by atoms with Crippen molar-refractivity contribution in [2.75, 3.05) is 4.66 Å². The van der Waals surface area contributed by atoms with Gasteiger partial charge in [0.25, 0.3) is 0 Å². The molecule has 0 aliphatic rings. The van der Waals surface area contributed by atoms with E-state index in [0.717, 1.165) is 4.66 Å². The molecule has 0 bridgehead atoms. The van der Waals surface area contributed by atoms with Crippen LogP contribution in [0.4, 0.5) is 13.2 Å². The van der Waals surface area contributed by atoms with E-state index in [4.69, 9.17) is 13.0 Å². The van der Waals surface area contributed by atoms with Crippen molar-refractivity contribution in [2.24, 2.45) is 0 Å². The molecule has 0 saturated heterocycles. The van der Waals surface area contributed by atoms with Gasteiger partial charge in [0.15, 0.2) is 14.5 Å². The number of benzene rings is 2. The number of alkyl halides is 4. The molecule has 0 aliphatic carbocycles. The van der Waals surface area contributed by atoms with E-state index < -0.39 is 16.8 Å². The maximum absolute atomic E-state index is 10.8. The first-order chi connectivity index (χ1) is 12.8. The highest BCUT2D eigenvalue weighted by molar-refractivity contribution is 9.10. The molecular weight excluding hydrogens is 481 g/mol.